The Balaban J connectivity index is 1.49. The summed E-state index contributed by atoms with van der Waals surface area (Å²) in [6.45, 7) is 4.71. The molecule has 1 fully saturated rings. The van der Waals surface area contributed by atoms with E-state index in [-0.39, 0.29) is 11.6 Å². The van der Waals surface area contributed by atoms with Gasteiger partial charge in [-0.2, -0.15) is 0 Å². The molecule has 0 saturated carbocycles. The van der Waals surface area contributed by atoms with Crippen molar-refractivity contribution in [1.82, 2.24) is 20.2 Å². The summed E-state index contributed by atoms with van der Waals surface area (Å²) in [7, 11) is 2.03. The minimum absolute atomic E-state index is 0.0185. The monoisotopic (exact) mass is 337 g/mol. The van der Waals surface area contributed by atoms with E-state index in [4.69, 9.17) is 0 Å². The molecule has 1 amide bonds. The molecule has 0 bridgehead atoms. The normalized spacial score (nSPS) is 19.6. The van der Waals surface area contributed by atoms with Crippen LogP contribution in [0.4, 0.5) is 5.82 Å². The Morgan fingerprint density at radius 1 is 1.20 bits per heavy atom. The summed E-state index contributed by atoms with van der Waals surface area (Å²) in [5, 5.41) is 3.24. The number of nitrogens with one attached hydrogen (secondary N) is 1. The second kappa shape index (κ2) is 6.11. The number of piperidine rings is 1. The predicted molar refractivity (Wildman–Crippen MR) is 96.3 cm³/mol. The van der Waals surface area contributed by atoms with Crippen LogP contribution in [-0.2, 0) is 6.54 Å². The lowest BCUT2D eigenvalue weighted by Gasteiger charge is -2.50. The molecule has 2 aliphatic rings. The molecule has 0 aromatic carbocycles. The lowest BCUT2D eigenvalue weighted by Crippen LogP contribution is -2.66. The van der Waals surface area contributed by atoms with Gasteiger partial charge in [0.05, 0.1) is 11.3 Å². The molecule has 4 rings (SSSR count). The molecule has 0 atom stereocenters. The first-order chi connectivity index (χ1) is 12.1. The standard InChI is InChI=1S/C19H23N5O/c1-14-5-3-6-15(21-14)13-24-11-8-19(9-12-24)22-18(25)16-7-4-10-20-17(16)23(19)2/h3-7,10H,8-9,11-13H2,1-2H3,(H,22,25). The van der Waals surface area contributed by atoms with Crippen LogP contribution in [-0.4, -0.2) is 46.6 Å². The van der Waals surface area contributed by atoms with Gasteiger partial charge >= 0.3 is 0 Å². The Hall–Kier alpha value is -2.47. The van der Waals surface area contributed by atoms with Crippen molar-refractivity contribution in [2.45, 2.75) is 32.0 Å². The highest BCUT2D eigenvalue weighted by atomic mass is 16.2. The lowest BCUT2D eigenvalue weighted by molar-refractivity contribution is 0.0769. The van der Waals surface area contributed by atoms with Crippen molar-refractivity contribution in [1.29, 1.82) is 0 Å². The number of rotatable bonds is 2. The summed E-state index contributed by atoms with van der Waals surface area (Å²) in [6, 6.07) is 9.79. The van der Waals surface area contributed by atoms with Crippen molar-refractivity contribution in [3.8, 4) is 0 Å². The molecule has 2 aromatic rings. The summed E-state index contributed by atoms with van der Waals surface area (Å²) >= 11 is 0. The molecule has 130 valence electrons. The Kier molecular flexibility index (Phi) is 3.92. The number of likely N-dealkylation sites (tertiary alicyclic amines) is 1. The number of amides is 1. The Morgan fingerprint density at radius 2 is 2.00 bits per heavy atom. The van der Waals surface area contributed by atoms with Crippen LogP contribution in [0.5, 0.6) is 0 Å². The van der Waals surface area contributed by atoms with Crippen LogP contribution in [0.15, 0.2) is 36.5 Å². The molecular weight excluding hydrogens is 314 g/mol. The van der Waals surface area contributed by atoms with Crippen LogP contribution in [0, 0.1) is 6.92 Å². The number of aryl methyl sites for hydroxylation is 1. The van der Waals surface area contributed by atoms with E-state index in [1.807, 2.05) is 32.2 Å². The van der Waals surface area contributed by atoms with Crippen LogP contribution in [0.1, 0.15) is 34.6 Å². The van der Waals surface area contributed by atoms with Crippen molar-refractivity contribution in [3.05, 3.63) is 53.5 Å². The van der Waals surface area contributed by atoms with Crippen LogP contribution < -0.4 is 10.2 Å². The Labute approximate surface area is 147 Å². The molecule has 25 heavy (non-hydrogen) atoms. The maximum Gasteiger partial charge on any atom is 0.256 e. The highest BCUT2D eigenvalue weighted by Gasteiger charge is 2.44. The van der Waals surface area contributed by atoms with Crippen LogP contribution in [0.25, 0.3) is 0 Å². The maximum atomic E-state index is 12.5. The molecule has 2 aliphatic heterocycles. The average molecular weight is 337 g/mol. The zero-order chi connectivity index (χ0) is 17.4. The lowest BCUT2D eigenvalue weighted by atomic mass is 9.91. The minimum atomic E-state index is -0.338. The second-order valence-electron chi connectivity index (χ2n) is 6.97. The molecule has 0 unspecified atom stereocenters. The summed E-state index contributed by atoms with van der Waals surface area (Å²) in [6.07, 6.45) is 3.49. The molecule has 0 aliphatic carbocycles. The van der Waals surface area contributed by atoms with Gasteiger partial charge < -0.3 is 10.2 Å². The van der Waals surface area contributed by atoms with Gasteiger partial charge in [0, 0.05) is 51.4 Å². The molecule has 4 heterocycles. The van der Waals surface area contributed by atoms with Crippen LogP contribution in [0.3, 0.4) is 0 Å². The first kappa shape index (κ1) is 16.0. The molecule has 0 radical (unpaired) electrons. The summed E-state index contributed by atoms with van der Waals surface area (Å²) in [5.41, 5.74) is 2.47. The topological polar surface area (TPSA) is 61.4 Å². The van der Waals surface area contributed by atoms with Gasteiger partial charge in [-0.1, -0.05) is 6.07 Å². The number of anilines is 1. The number of carbonyl (C=O) groups excluding carboxylic acids is 1. The SMILES string of the molecule is Cc1cccc(CN2CCC3(CC2)NC(=O)c2cccnc2N3C)n1. The third-order valence-electron chi connectivity index (χ3n) is 5.35. The highest BCUT2D eigenvalue weighted by molar-refractivity contribution is 6.01. The van der Waals surface area contributed by atoms with E-state index in [0.717, 1.165) is 49.7 Å². The van der Waals surface area contributed by atoms with E-state index >= 15 is 0 Å². The third-order valence-corrected chi connectivity index (χ3v) is 5.35. The van der Waals surface area contributed by atoms with Gasteiger partial charge in [0.2, 0.25) is 0 Å². The Morgan fingerprint density at radius 3 is 2.76 bits per heavy atom. The highest BCUT2D eigenvalue weighted by Crippen LogP contribution is 2.34. The fraction of sp³-hybridized carbons (Fsp3) is 0.421. The van der Waals surface area contributed by atoms with Crippen molar-refractivity contribution >= 4 is 11.7 Å². The van der Waals surface area contributed by atoms with E-state index in [1.54, 1.807) is 6.20 Å². The number of hydrogen-bond donors (Lipinski definition) is 1. The van der Waals surface area contributed by atoms with Crippen molar-refractivity contribution < 1.29 is 4.79 Å². The fourth-order valence-electron chi connectivity index (χ4n) is 3.86. The maximum absolute atomic E-state index is 12.5. The van der Waals surface area contributed by atoms with Crippen molar-refractivity contribution in [2.24, 2.45) is 0 Å². The predicted octanol–water partition coefficient (Wildman–Crippen LogP) is 1.96. The molecule has 2 aromatic heterocycles. The number of hydrogen-bond acceptors (Lipinski definition) is 5. The number of nitrogens with zero attached hydrogens (tertiary/aromatic N) is 4. The van der Waals surface area contributed by atoms with Gasteiger partial charge in [0.1, 0.15) is 11.5 Å². The first-order valence-corrected chi connectivity index (χ1v) is 8.74. The molecule has 6 heteroatoms. The second-order valence-corrected chi connectivity index (χ2v) is 6.97. The van der Waals surface area contributed by atoms with Crippen LogP contribution >= 0.6 is 0 Å². The number of fused-ring (bicyclic) bond motifs is 1. The zero-order valence-electron chi connectivity index (χ0n) is 14.7. The molecule has 6 nitrogen and oxygen atoms in total. The van der Waals surface area contributed by atoms with Crippen molar-refractivity contribution in [3.63, 3.8) is 0 Å². The van der Waals surface area contributed by atoms with Crippen LogP contribution in [0.2, 0.25) is 0 Å². The van der Waals surface area contributed by atoms with Gasteiger partial charge in [-0.3, -0.25) is 14.7 Å². The van der Waals surface area contributed by atoms with E-state index in [2.05, 4.69) is 37.2 Å². The van der Waals surface area contributed by atoms with E-state index in [9.17, 15) is 4.79 Å². The summed E-state index contributed by atoms with van der Waals surface area (Å²) in [4.78, 5) is 26.1. The number of pyridine rings is 2. The van der Waals surface area contributed by atoms with E-state index < -0.39 is 0 Å². The van der Waals surface area contributed by atoms with Gasteiger partial charge in [-0.05, 0) is 31.2 Å². The van der Waals surface area contributed by atoms with E-state index in [0.29, 0.717) is 5.56 Å². The largest absolute Gasteiger partial charge is 0.336 e. The van der Waals surface area contributed by atoms with E-state index in [1.165, 1.54) is 0 Å². The summed E-state index contributed by atoms with van der Waals surface area (Å²) < 4.78 is 0. The number of aromatic nitrogens is 2. The third kappa shape index (κ3) is 2.87. The quantitative estimate of drug-likeness (QED) is 0.908. The molecule has 1 N–H and O–H groups in total. The zero-order valence-corrected chi connectivity index (χ0v) is 14.7. The van der Waals surface area contributed by atoms with Gasteiger partial charge in [0.15, 0.2) is 0 Å². The number of carbonyl (C=O) groups is 1. The van der Waals surface area contributed by atoms with Gasteiger partial charge in [0.25, 0.3) is 5.91 Å². The first-order valence-electron chi connectivity index (χ1n) is 8.74. The smallest absolute Gasteiger partial charge is 0.256 e. The molecule has 1 saturated heterocycles. The van der Waals surface area contributed by atoms with Gasteiger partial charge in [-0.25, -0.2) is 4.98 Å². The van der Waals surface area contributed by atoms with Crippen molar-refractivity contribution in [2.75, 3.05) is 25.0 Å². The molecular formula is C19H23N5O. The summed E-state index contributed by atoms with van der Waals surface area (Å²) in [5.74, 6) is 0.759. The molecule has 1 spiro atoms. The fourth-order valence-corrected chi connectivity index (χ4v) is 3.86. The average Bonchev–Trinajstić information content (AvgIpc) is 2.62. The minimum Gasteiger partial charge on any atom is -0.336 e. The van der Waals surface area contributed by atoms with Gasteiger partial charge in [-0.15, -0.1) is 0 Å². The Bertz CT molecular complexity index is 798.